The first-order valence-corrected chi connectivity index (χ1v) is 12.9. The normalized spacial score (nSPS) is 18.6. The molecule has 1 fully saturated rings. The summed E-state index contributed by atoms with van der Waals surface area (Å²) in [5.74, 6) is 0.242. The molecule has 0 aromatic heterocycles. The summed E-state index contributed by atoms with van der Waals surface area (Å²) in [6, 6.07) is 8.38. The van der Waals surface area contributed by atoms with E-state index >= 15 is 0 Å². The molecule has 0 radical (unpaired) electrons. The number of nitrogens with zero attached hydrogens (tertiary/aromatic N) is 3. The zero-order valence-electron chi connectivity index (χ0n) is 21.9. The lowest BCUT2D eigenvalue weighted by Gasteiger charge is -2.27. The van der Waals surface area contributed by atoms with Crippen molar-refractivity contribution in [3.05, 3.63) is 57.6 Å². The fourth-order valence-corrected chi connectivity index (χ4v) is 5.19. The Kier molecular flexibility index (Phi) is 7.60. The van der Waals surface area contributed by atoms with Crippen LogP contribution in [0.4, 0.5) is 17.1 Å². The Morgan fingerprint density at radius 3 is 2.67 bits per heavy atom. The van der Waals surface area contributed by atoms with Gasteiger partial charge in [-0.25, -0.2) is 0 Å². The molecule has 11 nitrogen and oxygen atoms in total. The highest BCUT2D eigenvalue weighted by molar-refractivity contribution is 6.19. The summed E-state index contributed by atoms with van der Waals surface area (Å²) in [6.07, 6.45) is 3.83. The number of hydrogen-bond donors (Lipinski definition) is 1. The molecule has 1 atom stereocenters. The summed E-state index contributed by atoms with van der Waals surface area (Å²) in [7, 11) is 2.96. The van der Waals surface area contributed by atoms with Crippen molar-refractivity contribution in [1.82, 2.24) is 4.90 Å². The van der Waals surface area contributed by atoms with E-state index < -0.39 is 10.8 Å². The molecule has 1 aliphatic carbocycles. The number of morpholine rings is 1. The van der Waals surface area contributed by atoms with E-state index in [0.29, 0.717) is 74.8 Å². The number of methoxy groups -OCH3 is 2. The fourth-order valence-electron chi connectivity index (χ4n) is 5.19. The molecule has 11 heteroatoms. The van der Waals surface area contributed by atoms with Crippen molar-refractivity contribution in [2.45, 2.75) is 25.7 Å². The number of nitrogens with one attached hydrogen (secondary N) is 1. The molecule has 3 aliphatic rings. The van der Waals surface area contributed by atoms with Crippen molar-refractivity contribution in [3.8, 4) is 11.5 Å². The van der Waals surface area contributed by atoms with Gasteiger partial charge in [0, 0.05) is 31.6 Å². The molecule has 0 bridgehead atoms. The molecule has 5 rings (SSSR count). The van der Waals surface area contributed by atoms with Crippen molar-refractivity contribution in [2.75, 3.05) is 45.8 Å². The average molecular weight is 535 g/mol. The first-order valence-electron chi connectivity index (χ1n) is 12.9. The monoisotopic (exact) mass is 534 g/mol. The highest BCUT2D eigenvalue weighted by Gasteiger charge is 2.31. The maximum Gasteiger partial charge on any atom is 0.310 e. The predicted molar refractivity (Wildman–Crippen MR) is 145 cm³/mol. The zero-order valence-corrected chi connectivity index (χ0v) is 21.9. The molecular formula is C28H30N4O7. The summed E-state index contributed by atoms with van der Waals surface area (Å²) in [4.78, 5) is 43.3. The lowest BCUT2D eigenvalue weighted by Crippen LogP contribution is -2.40. The summed E-state index contributed by atoms with van der Waals surface area (Å²) in [5, 5.41) is 14.3. The number of anilines is 1. The molecule has 0 spiro atoms. The highest BCUT2D eigenvalue weighted by atomic mass is 16.6. The summed E-state index contributed by atoms with van der Waals surface area (Å²) in [5.41, 5.74) is 4.17. The zero-order chi connectivity index (χ0) is 27.5. The Balaban J connectivity index is 1.45. The van der Waals surface area contributed by atoms with Gasteiger partial charge < -0.3 is 24.4 Å². The largest absolute Gasteiger partial charge is 0.496 e. The van der Waals surface area contributed by atoms with Crippen molar-refractivity contribution in [1.29, 1.82) is 0 Å². The number of carbonyl (C=O) groups excluding carboxylic acids is 2. The van der Waals surface area contributed by atoms with Gasteiger partial charge in [0.25, 0.3) is 0 Å². The second-order valence-electron chi connectivity index (χ2n) is 9.60. The van der Waals surface area contributed by atoms with Gasteiger partial charge in [-0.15, -0.1) is 0 Å². The van der Waals surface area contributed by atoms with E-state index in [1.807, 2.05) is 17.0 Å². The van der Waals surface area contributed by atoms with E-state index in [9.17, 15) is 19.7 Å². The van der Waals surface area contributed by atoms with Crippen LogP contribution >= 0.6 is 0 Å². The number of carbonyl (C=O) groups is 2. The molecule has 204 valence electrons. The molecule has 2 aromatic rings. The third kappa shape index (κ3) is 5.49. The minimum Gasteiger partial charge on any atom is -0.496 e. The van der Waals surface area contributed by atoms with Gasteiger partial charge in [0.05, 0.1) is 55.4 Å². The van der Waals surface area contributed by atoms with E-state index in [1.165, 1.54) is 13.2 Å². The first kappa shape index (κ1) is 26.4. The SMILES string of the molecule is COc1cc2c(cc1CCC(=O)N1CCOCC1)N=C1C=C(c3ccc([N+](=O)[O-])c(OC)c3)CCC1C(=O)N2. The molecule has 39 heavy (non-hydrogen) atoms. The lowest BCUT2D eigenvalue weighted by molar-refractivity contribution is -0.385. The van der Waals surface area contributed by atoms with Crippen LogP contribution < -0.4 is 14.8 Å². The molecule has 2 aromatic carbocycles. The Morgan fingerprint density at radius 1 is 1.18 bits per heavy atom. The number of nitro groups is 1. The Labute approximate surface area is 225 Å². The second-order valence-corrected chi connectivity index (χ2v) is 9.60. The van der Waals surface area contributed by atoms with Gasteiger partial charge in [-0.2, -0.15) is 0 Å². The van der Waals surface area contributed by atoms with Gasteiger partial charge in [0.1, 0.15) is 5.75 Å². The van der Waals surface area contributed by atoms with Gasteiger partial charge in [0.15, 0.2) is 5.75 Å². The number of nitro benzene ring substituents is 1. The van der Waals surface area contributed by atoms with Crippen molar-refractivity contribution in [3.63, 3.8) is 0 Å². The third-order valence-electron chi connectivity index (χ3n) is 7.32. The highest BCUT2D eigenvalue weighted by Crippen LogP contribution is 2.40. The number of ether oxygens (including phenoxy) is 3. The van der Waals surface area contributed by atoms with Gasteiger partial charge in [0.2, 0.25) is 11.8 Å². The minimum atomic E-state index is -0.481. The van der Waals surface area contributed by atoms with Crippen LogP contribution in [0.25, 0.3) is 5.57 Å². The van der Waals surface area contributed by atoms with Crippen LogP contribution in [0.15, 0.2) is 41.4 Å². The predicted octanol–water partition coefficient (Wildman–Crippen LogP) is 3.92. The van der Waals surface area contributed by atoms with Crippen LogP contribution in [0.5, 0.6) is 11.5 Å². The maximum absolute atomic E-state index is 13.1. The van der Waals surface area contributed by atoms with Gasteiger partial charge in [-0.1, -0.05) is 0 Å². The van der Waals surface area contributed by atoms with Crippen LogP contribution in [-0.2, 0) is 20.7 Å². The Morgan fingerprint density at radius 2 is 1.95 bits per heavy atom. The number of fused-ring (bicyclic) bond motifs is 2. The van der Waals surface area contributed by atoms with Crippen LogP contribution in [0, 0.1) is 16.0 Å². The standard InChI is InChI=1S/C28H30N4O7/c1-37-25-16-23-22(14-19(25)5-8-27(33)31-9-11-39-12-10-31)29-21-13-17(3-6-20(21)28(34)30-23)18-4-7-24(32(35)36)26(15-18)38-2/h4,7,13-16,20H,3,5-6,8-12H2,1-2H3,(H,30,34). The number of benzene rings is 2. The van der Waals surface area contributed by atoms with Crippen molar-refractivity contribution < 1.29 is 28.7 Å². The second kappa shape index (κ2) is 11.2. The third-order valence-corrected chi connectivity index (χ3v) is 7.32. The fraction of sp³-hybridized carbons (Fsp3) is 0.393. The molecule has 1 unspecified atom stereocenters. The van der Waals surface area contributed by atoms with E-state index in [-0.39, 0.29) is 23.3 Å². The average Bonchev–Trinajstić information content (AvgIpc) is 3.09. The first-order chi connectivity index (χ1) is 18.9. The maximum atomic E-state index is 13.1. The minimum absolute atomic E-state index is 0.0633. The quantitative estimate of drug-likeness (QED) is 0.420. The molecule has 2 amide bonds. The molecule has 1 saturated heterocycles. The van der Waals surface area contributed by atoms with Crippen LogP contribution in [0.1, 0.15) is 30.4 Å². The smallest absolute Gasteiger partial charge is 0.310 e. The number of hydrogen-bond acceptors (Lipinski definition) is 8. The van der Waals surface area contributed by atoms with E-state index in [0.717, 1.165) is 16.7 Å². The summed E-state index contributed by atoms with van der Waals surface area (Å²) >= 11 is 0. The number of allylic oxidation sites excluding steroid dienone is 2. The van der Waals surface area contributed by atoms with Gasteiger partial charge in [-0.3, -0.25) is 24.7 Å². The topological polar surface area (TPSA) is 133 Å². The molecule has 0 saturated carbocycles. The number of aryl methyl sites for hydroxylation is 1. The van der Waals surface area contributed by atoms with Crippen LogP contribution in [0.3, 0.4) is 0 Å². The molecule has 2 aliphatic heterocycles. The summed E-state index contributed by atoms with van der Waals surface area (Å²) < 4.78 is 16.2. The van der Waals surface area contributed by atoms with E-state index in [4.69, 9.17) is 19.2 Å². The van der Waals surface area contributed by atoms with Crippen LogP contribution in [-0.4, -0.2) is 67.9 Å². The number of aliphatic imine (C=N–C) groups is 1. The number of amides is 2. The van der Waals surface area contributed by atoms with Gasteiger partial charge in [-0.05, 0) is 60.2 Å². The molecule has 2 heterocycles. The molecule has 1 N–H and O–H groups in total. The Bertz CT molecular complexity index is 1380. The van der Waals surface area contributed by atoms with Crippen molar-refractivity contribution >= 4 is 40.2 Å². The molecular weight excluding hydrogens is 504 g/mol. The van der Waals surface area contributed by atoms with Crippen molar-refractivity contribution in [2.24, 2.45) is 10.9 Å². The number of rotatable bonds is 7. The van der Waals surface area contributed by atoms with Gasteiger partial charge >= 0.3 is 5.69 Å². The van der Waals surface area contributed by atoms with Crippen LogP contribution in [0.2, 0.25) is 0 Å². The summed E-state index contributed by atoms with van der Waals surface area (Å²) in [6.45, 7) is 2.29. The van der Waals surface area contributed by atoms with E-state index in [2.05, 4.69) is 5.32 Å². The lowest BCUT2D eigenvalue weighted by atomic mass is 9.84. The van der Waals surface area contributed by atoms with E-state index in [1.54, 1.807) is 25.3 Å². The Hall–Kier alpha value is -4.25.